The summed E-state index contributed by atoms with van der Waals surface area (Å²) in [5.74, 6) is -0.182. The lowest BCUT2D eigenvalue weighted by molar-refractivity contribution is 0.0123. The van der Waals surface area contributed by atoms with Gasteiger partial charge in [-0.1, -0.05) is 0 Å². The zero-order valence-electron chi connectivity index (χ0n) is 11.5. The number of aromatic nitrogens is 2. The van der Waals surface area contributed by atoms with Gasteiger partial charge in [-0.15, -0.1) is 0 Å². The van der Waals surface area contributed by atoms with Crippen LogP contribution < -0.4 is 5.32 Å². The third kappa shape index (κ3) is 2.96. The van der Waals surface area contributed by atoms with E-state index in [0.717, 1.165) is 5.69 Å². The van der Waals surface area contributed by atoms with Gasteiger partial charge < -0.3 is 15.2 Å². The zero-order chi connectivity index (χ0) is 13.9. The molecule has 0 aliphatic carbocycles. The number of nitrogens with zero attached hydrogens (tertiary/aromatic N) is 2. The molecule has 0 radical (unpaired) electrons. The fraction of sp³-hybridized carbons (Fsp3) is 0.692. The summed E-state index contributed by atoms with van der Waals surface area (Å²) in [6, 6.07) is 1.77. The van der Waals surface area contributed by atoms with Gasteiger partial charge in [0.05, 0.1) is 17.8 Å². The van der Waals surface area contributed by atoms with Gasteiger partial charge in [0.25, 0.3) is 5.91 Å². The third-order valence-electron chi connectivity index (χ3n) is 3.57. The number of aliphatic hydroxyl groups excluding tert-OH is 1. The summed E-state index contributed by atoms with van der Waals surface area (Å²) in [5, 5.41) is 16.8. The number of nitrogens with one attached hydrogen (secondary N) is 1. The Balaban J connectivity index is 2.14. The highest BCUT2D eigenvalue weighted by atomic mass is 16.5. The molecule has 2 heterocycles. The maximum Gasteiger partial charge on any atom is 0.270 e. The Hall–Kier alpha value is -1.40. The van der Waals surface area contributed by atoms with Crippen molar-refractivity contribution in [2.24, 2.45) is 0 Å². The van der Waals surface area contributed by atoms with Crippen LogP contribution in [0.5, 0.6) is 0 Å². The number of ether oxygens (including phenoxy) is 1. The largest absolute Gasteiger partial charge is 0.394 e. The summed E-state index contributed by atoms with van der Waals surface area (Å²) in [5.41, 5.74) is 0.794. The molecule has 1 aliphatic heterocycles. The number of amides is 1. The van der Waals surface area contributed by atoms with Crippen molar-refractivity contribution in [3.05, 3.63) is 17.5 Å². The number of hydrogen-bond donors (Lipinski definition) is 2. The average Bonchev–Trinajstić information content (AvgIpc) is 2.81. The van der Waals surface area contributed by atoms with E-state index >= 15 is 0 Å². The Bertz CT molecular complexity index is 450. The molecule has 1 aliphatic rings. The molecule has 0 unspecified atom stereocenters. The quantitative estimate of drug-likeness (QED) is 0.832. The lowest BCUT2D eigenvalue weighted by atomic mass is 9.91. The summed E-state index contributed by atoms with van der Waals surface area (Å²) in [7, 11) is 0. The van der Waals surface area contributed by atoms with Crippen molar-refractivity contribution in [2.75, 3.05) is 19.8 Å². The van der Waals surface area contributed by atoms with Crippen LogP contribution in [-0.4, -0.2) is 46.2 Å². The van der Waals surface area contributed by atoms with Crippen LogP contribution in [0.25, 0.3) is 0 Å². The summed E-state index contributed by atoms with van der Waals surface area (Å²) in [6.07, 6.45) is 1.27. The fourth-order valence-electron chi connectivity index (χ4n) is 2.36. The molecule has 0 atom stereocenters. The molecule has 106 valence electrons. The first-order chi connectivity index (χ1) is 9.10. The van der Waals surface area contributed by atoms with Crippen LogP contribution in [0.1, 0.15) is 35.9 Å². The molecule has 19 heavy (non-hydrogen) atoms. The van der Waals surface area contributed by atoms with Gasteiger partial charge in [-0.05, 0) is 32.8 Å². The molecule has 1 fully saturated rings. The fourth-order valence-corrected chi connectivity index (χ4v) is 2.36. The van der Waals surface area contributed by atoms with Crippen molar-refractivity contribution in [2.45, 2.75) is 38.8 Å². The summed E-state index contributed by atoms with van der Waals surface area (Å²) < 4.78 is 6.96. The highest BCUT2D eigenvalue weighted by Gasteiger charge is 2.34. The molecule has 2 N–H and O–H groups in total. The Morgan fingerprint density at radius 3 is 2.84 bits per heavy atom. The minimum Gasteiger partial charge on any atom is -0.394 e. The van der Waals surface area contributed by atoms with Crippen molar-refractivity contribution in [1.82, 2.24) is 15.1 Å². The van der Waals surface area contributed by atoms with E-state index in [2.05, 4.69) is 10.4 Å². The first kappa shape index (κ1) is 14.0. The van der Waals surface area contributed by atoms with Crippen molar-refractivity contribution in [3.63, 3.8) is 0 Å². The monoisotopic (exact) mass is 267 g/mol. The molecule has 1 saturated heterocycles. The molecule has 1 aromatic rings. The molecule has 6 heteroatoms. The third-order valence-corrected chi connectivity index (χ3v) is 3.57. The molecule has 1 amide bonds. The van der Waals surface area contributed by atoms with E-state index in [1.165, 1.54) is 0 Å². The predicted octanol–water partition coefficient (Wildman–Crippen LogP) is 0.483. The molecule has 0 saturated carbocycles. The van der Waals surface area contributed by atoms with E-state index in [0.29, 0.717) is 38.3 Å². The van der Waals surface area contributed by atoms with Crippen molar-refractivity contribution in [3.8, 4) is 0 Å². The Morgan fingerprint density at radius 2 is 2.26 bits per heavy atom. The maximum atomic E-state index is 12.3. The Kier molecular flexibility index (Phi) is 4.21. The minimum absolute atomic E-state index is 0.0681. The zero-order valence-corrected chi connectivity index (χ0v) is 11.5. The molecular formula is C13H21N3O3. The van der Waals surface area contributed by atoms with Gasteiger partial charge in [-0.25, -0.2) is 0 Å². The summed E-state index contributed by atoms with van der Waals surface area (Å²) >= 11 is 0. The van der Waals surface area contributed by atoms with E-state index in [4.69, 9.17) is 4.74 Å². The van der Waals surface area contributed by atoms with Gasteiger partial charge >= 0.3 is 0 Å². The van der Waals surface area contributed by atoms with Gasteiger partial charge in [-0.2, -0.15) is 5.10 Å². The number of aryl methyl sites for hydroxylation is 2. The number of rotatable bonds is 4. The molecule has 0 aromatic carbocycles. The van der Waals surface area contributed by atoms with Crippen molar-refractivity contribution < 1.29 is 14.6 Å². The molecule has 6 nitrogen and oxygen atoms in total. The van der Waals surface area contributed by atoms with E-state index in [9.17, 15) is 9.90 Å². The van der Waals surface area contributed by atoms with Crippen molar-refractivity contribution in [1.29, 1.82) is 0 Å². The van der Waals surface area contributed by atoms with Gasteiger partial charge in [0.2, 0.25) is 0 Å². The lowest BCUT2D eigenvalue weighted by Crippen LogP contribution is -2.54. The second-order valence-electron chi connectivity index (χ2n) is 4.99. The number of hydrogen-bond acceptors (Lipinski definition) is 4. The van der Waals surface area contributed by atoms with Crippen LogP contribution in [-0.2, 0) is 11.3 Å². The topological polar surface area (TPSA) is 76.4 Å². The Labute approximate surface area is 112 Å². The number of carbonyl (C=O) groups excluding carboxylic acids is 1. The smallest absolute Gasteiger partial charge is 0.270 e. The van der Waals surface area contributed by atoms with Crippen LogP contribution in [0.15, 0.2) is 6.07 Å². The van der Waals surface area contributed by atoms with Crippen LogP contribution in [0.3, 0.4) is 0 Å². The molecule has 2 rings (SSSR count). The normalized spacial score (nSPS) is 18.3. The average molecular weight is 267 g/mol. The van der Waals surface area contributed by atoms with Gasteiger partial charge in [0.15, 0.2) is 0 Å². The van der Waals surface area contributed by atoms with Gasteiger partial charge in [0, 0.05) is 19.8 Å². The van der Waals surface area contributed by atoms with Gasteiger partial charge in [0.1, 0.15) is 5.69 Å². The SMILES string of the molecule is CCn1nc(C)cc1C(=O)NC1(CO)CCOCC1. The Morgan fingerprint density at radius 1 is 1.58 bits per heavy atom. The number of aliphatic hydroxyl groups is 1. The first-order valence-electron chi connectivity index (χ1n) is 6.66. The van der Waals surface area contributed by atoms with E-state index in [1.54, 1.807) is 10.7 Å². The highest BCUT2D eigenvalue weighted by molar-refractivity contribution is 5.93. The van der Waals surface area contributed by atoms with Gasteiger partial charge in [-0.3, -0.25) is 9.48 Å². The molecule has 0 spiro atoms. The first-order valence-corrected chi connectivity index (χ1v) is 6.66. The molecule has 1 aromatic heterocycles. The standard InChI is InChI=1S/C13H21N3O3/c1-3-16-11(8-10(2)15-16)12(18)14-13(9-17)4-6-19-7-5-13/h8,17H,3-7,9H2,1-2H3,(H,14,18). The number of carbonyl (C=O) groups is 1. The van der Waals surface area contributed by atoms with E-state index in [-0.39, 0.29) is 12.5 Å². The molecular weight excluding hydrogens is 246 g/mol. The summed E-state index contributed by atoms with van der Waals surface area (Å²) in [6.45, 7) is 5.51. The minimum atomic E-state index is -0.563. The van der Waals surface area contributed by atoms with E-state index in [1.807, 2.05) is 13.8 Å². The maximum absolute atomic E-state index is 12.3. The second kappa shape index (κ2) is 5.71. The highest BCUT2D eigenvalue weighted by Crippen LogP contribution is 2.20. The van der Waals surface area contributed by atoms with Crippen molar-refractivity contribution >= 4 is 5.91 Å². The second-order valence-corrected chi connectivity index (χ2v) is 4.99. The van der Waals surface area contributed by atoms with E-state index < -0.39 is 5.54 Å². The van der Waals surface area contributed by atoms with Crippen LogP contribution >= 0.6 is 0 Å². The van der Waals surface area contributed by atoms with Crippen LogP contribution in [0.2, 0.25) is 0 Å². The van der Waals surface area contributed by atoms with Crippen LogP contribution in [0.4, 0.5) is 0 Å². The molecule has 0 bridgehead atoms. The predicted molar refractivity (Wildman–Crippen MR) is 70.0 cm³/mol. The lowest BCUT2D eigenvalue weighted by Gasteiger charge is -2.36. The van der Waals surface area contributed by atoms with Crippen LogP contribution in [0, 0.1) is 6.92 Å². The summed E-state index contributed by atoms with van der Waals surface area (Å²) in [4.78, 5) is 12.3.